The van der Waals surface area contributed by atoms with E-state index in [9.17, 15) is 0 Å². The van der Waals surface area contributed by atoms with E-state index in [0.29, 0.717) is 0 Å². The lowest BCUT2D eigenvalue weighted by Gasteiger charge is -2.17. The lowest BCUT2D eigenvalue weighted by Crippen LogP contribution is -2.29. The summed E-state index contributed by atoms with van der Waals surface area (Å²) in [5, 5.41) is 5.30. The monoisotopic (exact) mass is 663 g/mol. The zero-order valence-corrected chi connectivity index (χ0v) is 31.1. The fourth-order valence-electron chi connectivity index (χ4n) is 7.16. The van der Waals surface area contributed by atoms with Crippen molar-refractivity contribution in [2.24, 2.45) is 4.99 Å². The first kappa shape index (κ1) is 35.3. The fraction of sp³-hybridized carbons (Fsp3) is 0.180. The van der Waals surface area contributed by atoms with Crippen molar-refractivity contribution in [1.29, 1.82) is 0 Å². The maximum atomic E-state index is 5.42. The summed E-state index contributed by atoms with van der Waals surface area (Å²) in [6, 6.07) is 43.8. The summed E-state index contributed by atoms with van der Waals surface area (Å²) in [6.45, 7) is 16.3. The molecule has 6 aromatic rings. The van der Waals surface area contributed by atoms with Crippen molar-refractivity contribution in [2.45, 2.75) is 60.8 Å². The second-order valence-electron chi connectivity index (χ2n) is 13.2. The summed E-state index contributed by atoms with van der Waals surface area (Å²) >= 11 is 0. The van der Waals surface area contributed by atoms with Gasteiger partial charge in [-0.15, -0.1) is 0 Å². The number of aliphatic imine (C=N–C) groups is 1. The summed E-state index contributed by atoms with van der Waals surface area (Å²) in [5.74, 6) is 0. The first-order valence-corrected chi connectivity index (χ1v) is 18.4. The van der Waals surface area contributed by atoms with Gasteiger partial charge in [-0.25, -0.2) is 0 Å². The van der Waals surface area contributed by atoms with Crippen LogP contribution in [0, 0.1) is 0 Å². The Kier molecular flexibility index (Phi) is 11.1. The molecule has 0 aromatic heterocycles. The van der Waals surface area contributed by atoms with E-state index < -0.39 is 0 Å². The quantitative estimate of drug-likeness (QED) is 0.179. The number of benzene rings is 6. The van der Waals surface area contributed by atoms with Crippen LogP contribution < -0.4 is 10.4 Å². The molecule has 0 spiro atoms. The highest BCUT2D eigenvalue weighted by Gasteiger charge is 2.20. The van der Waals surface area contributed by atoms with Gasteiger partial charge in [0.05, 0.1) is 5.69 Å². The third-order valence-electron chi connectivity index (χ3n) is 9.97. The standard InChI is InChI=1S/C39H33N.C9H10.C2H6/c1-4-25(2)27-17-19-28(20-18-27)29-21-22-30-24-38-35-15-8-7-13-33(35)34-14-9-10-16-36(34)39(38)40-26(3)31-11-5-6-12-32(31)37(30)23-29;1-8(2)9-6-4-3-5-7-9;1-2/h4-8,11-23H,9-10,24H2,1-3H3;3-7H,1H2,2H3;1-2H3/b25-4+,40-26?;;. The molecule has 0 fully saturated rings. The first-order valence-electron chi connectivity index (χ1n) is 18.4. The normalized spacial score (nSPS) is 12.9. The lowest BCUT2D eigenvalue weighted by molar-refractivity contribution is 1.11. The third-order valence-corrected chi connectivity index (χ3v) is 9.97. The SMILES string of the molecule is C/C=C(\C)c1ccc(-c2ccc3c(c2)-c2ccccc2C(C)=Nc2c(c4ccccc4c4c2=CCCC=4)C3)cc1.C=C(C)c1ccccc1.CC. The summed E-state index contributed by atoms with van der Waals surface area (Å²) in [4.78, 5) is 5.42. The highest BCUT2D eigenvalue weighted by Crippen LogP contribution is 2.38. The third kappa shape index (κ3) is 7.35. The van der Waals surface area contributed by atoms with Gasteiger partial charge in [0, 0.05) is 22.9 Å². The van der Waals surface area contributed by atoms with Crippen molar-refractivity contribution in [1.82, 2.24) is 0 Å². The molecule has 1 aliphatic carbocycles. The van der Waals surface area contributed by atoms with Crippen LogP contribution in [0.5, 0.6) is 0 Å². The molecule has 0 bridgehead atoms. The zero-order chi connectivity index (χ0) is 35.9. The Hall–Kier alpha value is -5.53. The minimum atomic E-state index is 0.844. The maximum Gasteiger partial charge on any atom is 0.0749 e. The Morgan fingerprint density at radius 3 is 1.90 bits per heavy atom. The highest BCUT2D eigenvalue weighted by molar-refractivity contribution is 6.07. The van der Waals surface area contributed by atoms with Crippen LogP contribution in [0.3, 0.4) is 0 Å². The number of nitrogens with zero attached hydrogens (tertiary/aromatic N) is 1. The van der Waals surface area contributed by atoms with Gasteiger partial charge in [-0.2, -0.15) is 0 Å². The van der Waals surface area contributed by atoms with Crippen LogP contribution in [0.4, 0.5) is 5.69 Å². The number of rotatable bonds is 3. The minimum absolute atomic E-state index is 0.844. The Morgan fingerprint density at radius 2 is 1.24 bits per heavy atom. The molecule has 0 amide bonds. The average Bonchev–Trinajstić information content (AvgIpc) is 3.25. The van der Waals surface area contributed by atoms with Crippen LogP contribution in [-0.4, -0.2) is 5.71 Å². The molecule has 0 saturated carbocycles. The Bertz CT molecular complexity index is 2390. The van der Waals surface area contributed by atoms with Gasteiger partial charge < -0.3 is 0 Å². The van der Waals surface area contributed by atoms with E-state index in [1.54, 1.807) is 0 Å². The van der Waals surface area contributed by atoms with E-state index in [1.807, 2.05) is 39.0 Å². The molecule has 0 atom stereocenters. The van der Waals surface area contributed by atoms with Crippen molar-refractivity contribution in [2.75, 3.05) is 0 Å². The average molecular weight is 664 g/mol. The van der Waals surface area contributed by atoms with Gasteiger partial charge in [-0.3, -0.25) is 4.99 Å². The van der Waals surface area contributed by atoms with Gasteiger partial charge in [0.25, 0.3) is 0 Å². The van der Waals surface area contributed by atoms with Gasteiger partial charge in [0.2, 0.25) is 0 Å². The second kappa shape index (κ2) is 16.0. The molecule has 0 radical (unpaired) electrons. The molecular formula is C50H49N. The number of fused-ring (bicyclic) bond motifs is 9. The van der Waals surface area contributed by atoms with Crippen molar-refractivity contribution < 1.29 is 0 Å². The van der Waals surface area contributed by atoms with Crippen LogP contribution in [0.1, 0.15) is 82.2 Å². The van der Waals surface area contributed by atoms with Crippen LogP contribution in [-0.2, 0) is 6.42 Å². The summed E-state index contributed by atoms with van der Waals surface area (Å²) < 4.78 is 0. The topological polar surface area (TPSA) is 12.4 Å². The highest BCUT2D eigenvalue weighted by atomic mass is 14.8. The van der Waals surface area contributed by atoms with Crippen molar-refractivity contribution >= 4 is 45.5 Å². The molecule has 8 rings (SSSR count). The molecule has 51 heavy (non-hydrogen) atoms. The molecule has 0 N–H and O–H groups in total. The molecule has 6 aromatic carbocycles. The van der Waals surface area contributed by atoms with Crippen LogP contribution in [0.25, 0.3) is 56.3 Å². The van der Waals surface area contributed by atoms with E-state index in [1.165, 1.54) is 76.9 Å². The van der Waals surface area contributed by atoms with Crippen molar-refractivity contribution in [3.8, 4) is 22.3 Å². The smallest absolute Gasteiger partial charge is 0.0749 e. The summed E-state index contributed by atoms with van der Waals surface area (Å²) in [5.41, 5.74) is 16.0. The number of allylic oxidation sites excluding steroid dienone is 3. The van der Waals surface area contributed by atoms with E-state index in [-0.39, 0.29) is 0 Å². The first-order chi connectivity index (χ1) is 24.9. The van der Waals surface area contributed by atoms with E-state index >= 15 is 0 Å². The Labute approximate surface area is 304 Å². The molecule has 1 aliphatic heterocycles. The van der Waals surface area contributed by atoms with Crippen LogP contribution in [0.15, 0.2) is 139 Å². The van der Waals surface area contributed by atoms with Crippen LogP contribution >= 0.6 is 0 Å². The van der Waals surface area contributed by atoms with Crippen molar-refractivity contribution in [3.63, 3.8) is 0 Å². The Morgan fingerprint density at radius 1 is 0.627 bits per heavy atom. The molecule has 0 unspecified atom stereocenters. The van der Waals surface area contributed by atoms with Gasteiger partial charge in [0.15, 0.2) is 0 Å². The minimum Gasteiger partial charge on any atom is -0.252 e. The van der Waals surface area contributed by atoms with Gasteiger partial charge in [0.1, 0.15) is 0 Å². The molecule has 1 heteroatoms. The zero-order valence-electron chi connectivity index (χ0n) is 31.1. The molecule has 0 saturated heterocycles. The molecule has 254 valence electrons. The number of hydrogen-bond donors (Lipinski definition) is 0. The van der Waals surface area contributed by atoms with E-state index in [4.69, 9.17) is 4.99 Å². The lowest BCUT2D eigenvalue weighted by atomic mass is 9.87. The Balaban J connectivity index is 0.000000353. The van der Waals surface area contributed by atoms with Crippen LogP contribution in [0.2, 0.25) is 0 Å². The molecule has 1 heterocycles. The summed E-state index contributed by atoms with van der Waals surface area (Å²) in [6.07, 6.45) is 9.98. The predicted molar refractivity (Wildman–Crippen MR) is 225 cm³/mol. The predicted octanol–water partition coefficient (Wildman–Crippen LogP) is 12.7. The van der Waals surface area contributed by atoms with E-state index in [2.05, 4.69) is 149 Å². The van der Waals surface area contributed by atoms with Gasteiger partial charge >= 0.3 is 0 Å². The van der Waals surface area contributed by atoms with Gasteiger partial charge in [-0.1, -0.05) is 159 Å². The van der Waals surface area contributed by atoms with Gasteiger partial charge in [-0.05, 0) is 113 Å². The summed E-state index contributed by atoms with van der Waals surface area (Å²) in [7, 11) is 0. The number of hydrogen-bond acceptors (Lipinski definition) is 1. The largest absolute Gasteiger partial charge is 0.252 e. The molecule has 1 nitrogen and oxygen atoms in total. The molecular weight excluding hydrogens is 615 g/mol. The van der Waals surface area contributed by atoms with E-state index in [0.717, 1.165) is 36.2 Å². The van der Waals surface area contributed by atoms with Crippen molar-refractivity contribution in [3.05, 3.63) is 172 Å². The second-order valence-corrected chi connectivity index (χ2v) is 13.2. The molecule has 2 aliphatic rings. The fourth-order valence-corrected chi connectivity index (χ4v) is 7.16. The maximum absolute atomic E-state index is 5.42.